The monoisotopic (exact) mass is 412 g/mol. The van der Waals surface area contributed by atoms with Crippen molar-refractivity contribution < 1.29 is 0 Å². The summed E-state index contributed by atoms with van der Waals surface area (Å²) in [6, 6.07) is 3.96. The molecular formula is C15H21IN6. The van der Waals surface area contributed by atoms with E-state index < -0.39 is 0 Å². The van der Waals surface area contributed by atoms with Crippen LogP contribution in [0.4, 0.5) is 0 Å². The second kappa shape index (κ2) is 9.19. The molecule has 0 amide bonds. The summed E-state index contributed by atoms with van der Waals surface area (Å²) < 4.78 is 1.97. The van der Waals surface area contributed by atoms with E-state index in [4.69, 9.17) is 0 Å². The molecule has 0 aliphatic rings. The summed E-state index contributed by atoms with van der Waals surface area (Å²) in [5.41, 5.74) is 1.07. The summed E-state index contributed by atoms with van der Waals surface area (Å²) in [7, 11) is 1.74. The minimum absolute atomic E-state index is 0. The van der Waals surface area contributed by atoms with E-state index in [0.717, 1.165) is 23.2 Å². The maximum Gasteiger partial charge on any atom is 0.191 e. The van der Waals surface area contributed by atoms with E-state index in [1.165, 1.54) is 0 Å². The van der Waals surface area contributed by atoms with Crippen molar-refractivity contribution in [2.24, 2.45) is 4.99 Å². The molecule has 118 valence electrons. The molecule has 2 heterocycles. The van der Waals surface area contributed by atoms with Crippen molar-refractivity contribution in [1.82, 2.24) is 25.2 Å². The van der Waals surface area contributed by atoms with Gasteiger partial charge >= 0.3 is 0 Å². The first kappa shape index (κ1) is 18.1. The van der Waals surface area contributed by atoms with Crippen LogP contribution in [-0.4, -0.2) is 34.1 Å². The number of hydrogen-bond acceptors (Lipinski definition) is 3. The number of aliphatic imine (C=N–C) groups is 1. The first-order valence-corrected chi connectivity index (χ1v) is 6.76. The zero-order chi connectivity index (χ0) is 15.1. The number of aromatic nitrogens is 3. The third-order valence-electron chi connectivity index (χ3n) is 3.01. The van der Waals surface area contributed by atoms with E-state index in [1.807, 2.05) is 29.8 Å². The van der Waals surface area contributed by atoms with Gasteiger partial charge in [-0.25, -0.2) is 9.97 Å². The molecule has 0 bridgehead atoms. The fourth-order valence-electron chi connectivity index (χ4n) is 1.96. The van der Waals surface area contributed by atoms with Crippen molar-refractivity contribution in [3.63, 3.8) is 0 Å². The summed E-state index contributed by atoms with van der Waals surface area (Å²) >= 11 is 0. The molecule has 0 aliphatic heterocycles. The molecule has 2 aromatic rings. The summed E-state index contributed by atoms with van der Waals surface area (Å²) in [5, 5.41) is 6.40. The number of halogens is 1. The Morgan fingerprint density at radius 3 is 2.82 bits per heavy atom. The molecule has 2 N–H and O–H groups in total. The minimum atomic E-state index is 0. The SMILES string of the molecule is C=CCNC(=NC)NCc1cccnc1-n1ccnc1C.I. The number of guanidine groups is 1. The topological polar surface area (TPSA) is 67.1 Å². The highest BCUT2D eigenvalue weighted by molar-refractivity contribution is 14.0. The normalized spacial score (nSPS) is 10.7. The number of imidazole rings is 1. The van der Waals surface area contributed by atoms with Crippen molar-refractivity contribution in [3.8, 4) is 5.82 Å². The largest absolute Gasteiger partial charge is 0.353 e. The lowest BCUT2D eigenvalue weighted by Crippen LogP contribution is -2.37. The van der Waals surface area contributed by atoms with Crippen LogP contribution >= 0.6 is 24.0 Å². The molecule has 2 aromatic heterocycles. The van der Waals surface area contributed by atoms with Crippen LogP contribution in [0.1, 0.15) is 11.4 Å². The lowest BCUT2D eigenvalue weighted by molar-refractivity contribution is 0.820. The summed E-state index contributed by atoms with van der Waals surface area (Å²) in [5.74, 6) is 2.51. The number of aryl methyl sites for hydroxylation is 1. The predicted octanol–water partition coefficient (Wildman–Crippen LogP) is 2.04. The maximum atomic E-state index is 4.45. The van der Waals surface area contributed by atoms with Crippen LogP contribution in [-0.2, 0) is 6.54 Å². The standard InChI is InChI=1S/C15H20N6.HI/c1-4-7-19-15(16-3)20-11-13-6-5-8-18-14(13)21-10-9-17-12(21)2;/h4-6,8-10H,1,7,11H2,2-3H3,(H2,16,19,20);1H. The molecular weight excluding hydrogens is 391 g/mol. The van der Waals surface area contributed by atoms with Crippen molar-refractivity contribution >= 4 is 29.9 Å². The number of pyridine rings is 1. The molecule has 22 heavy (non-hydrogen) atoms. The van der Waals surface area contributed by atoms with Gasteiger partial charge in [0.1, 0.15) is 11.6 Å². The molecule has 0 atom stereocenters. The fourth-order valence-corrected chi connectivity index (χ4v) is 1.96. The van der Waals surface area contributed by atoms with Crippen molar-refractivity contribution in [2.45, 2.75) is 13.5 Å². The molecule has 0 saturated carbocycles. The van der Waals surface area contributed by atoms with Gasteiger partial charge < -0.3 is 10.6 Å². The van der Waals surface area contributed by atoms with Crippen LogP contribution in [0.3, 0.4) is 0 Å². The maximum absolute atomic E-state index is 4.45. The third kappa shape index (κ3) is 4.55. The van der Waals surface area contributed by atoms with Crippen LogP contribution in [0.5, 0.6) is 0 Å². The van der Waals surface area contributed by atoms with E-state index in [-0.39, 0.29) is 24.0 Å². The summed E-state index contributed by atoms with van der Waals surface area (Å²) in [6.07, 6.45) is 7.25. The van der Waals surface area contributed by atoms with Gasteiger partial charge in [-0.15, -0.1) is 30.6 Å². The van der Waals surface area contributed by atoms with Gasteiger partial charge in [-0.05, 0) is 13.0 Å². The van der Waals surface area contributed by atoms with Gasteiger partial charge in [0.2, 0.25) is 0 Å². The quantitative estimate of drug-likeness (QED) is 0.342. The molecule has 0 spiro atoms. The van der Waals surface area contributed by atoms with Crippen LogP contribution in [0.15, 0.2) is 48.4 Å². The number of rotatable bonds is 5. The lowest BCUT2D eigenvalue weighted by Gasteiger charge is -2.13. The highest BCUT2D eigenvalue weighted by atomic mass is 127. The van der Waals surface area contributed by atoms with Gasteiger partial charge in [0.05, 0.1) is 0 Å². The number of nitrogens with one attached hydrogen (secondary N) is 2. The van der Waals surface area contributed by atoms with Gasteiger partial charge in [0, 0.05) is 44.3 Å². The molecule has 0 radical (unpaired) electrons. The van der Waals surface area contributed by atoms with Gasteiger partial charge in [0.15, 0.2) is 5.96 Å². The van der Waals surface area contributed by atoms with Crippen LogP contribution in [0, 0.1) is 6.92 Å². The van der Waals surface area contributed by atoms with Gasteiger partial charge in [-0.1, -0.05) is 12.1 Å². The highest BCUT2D eigenvalue weighted by Crippen LogP contribution is 2.12. The lowest BCUT2D eigenvalue weighted by atomic mass is 10.2. The minimum Gasteiger partial charge on any atom is -0.353 e. The van der Waals surface area contributed by atoms with E-state index in [2.05, 4.69) is 32.2 Å². The van der Waals surface area contributed by atoms with Crippen molar-refractivity contribution in [1.29, 1.82) is 0 Å². The van der Waals surface area contributed by atoms with E-state index >= 15 is 0 Å². The number of nitrogens with zero attached hydrogens (tertiary/aromatic N) is 4. The van der Waals surface area contributed by atoms with Gasteiger partial charge in [-0.3, -0.25) is 9.56 Å². The second-order valence-electron chi connectivity index (χ2n) is 4.43. The number of hydrogen-bond donors (Lipinski definition) is 2. The second-order valence-corrected chi connectivity index (χ2v) is 4.43. The molecule has 0 aliphatic carbocycles. The Kier molecular flexibility index (Phi) is 7.58. The third-order valence-corrected chi connectivity index (χ3v) is 3.01. The molecule has 0 fully saturated rings. The summed E-state index contributed by atoms with van der Waals surface area (Å²) in [4.78, 5) is 12.9. The van der Waals surface area contributed by atoms with Crippen molar-refractivity contribution in [3.05, 3.63) is 54.8 Å². The van der Waals surface area contributed by atoms with Crippen LogP contribution < -0.4 is 10.6 Å². The Hall–Kier alpha value is -1.90. The van der Waals surface area contributed by atoms with E-state index in [9.17, 15) is 0 Å². The zero-order valence-corrected chi connectivity index (χ0v) is 15.1. The molecule has 0 aromatic carbocycles. The average molecular weight is 412 g/mol. The van der Waals surface area contributed by atoms with Crippen molar-refractivity contribution in [2.75, 3.05) is 13.6 Å². The smallest absolute Gasteiger partial charge is 0.191 e. The van der Waals surface area contributed by atoms with Crippen LogP contribution in [0.25, 0.3) is 5.82 Å². The highest BCUT2D eigenvalue weighted by Gasteiger charge is 2.08. The molecule has 0 unspecified atom stereocenters. The Morgan fingerprint density at radius 2 is 2.18 bits per heavy atom. The summed E-state index contributed by atoms with van der Waals surface area (Å²) in [6.45, 7) is 6.92. The molecule has 2 rings (SSSR count). The van der Waals surface area contributed by atoms with Crippen LogP contribution in [0.2, 0.25) is 0 Å². The Balaban J connectivity index is 0.00000242. The molecule has 7 heteroatoms. The fraction of sp³-hybridized carbons (Fsp3) is 0.267. The van der Waals surface area contributed by atoms with E-state index in [0.29, 0.717) is 13.1 Å². The Morgan fingerprint density at radius 1 is 1.36 bits per heavy atom. The first-order chi connectivity index (χ1) is 10.3. The van der Waals surface area contributed by atoms with Gasteiger partial charge in [-0.2, -0.15) is 0 Å². The zero-order valence-electron chi connectivity index (χ0n) is 12.8. The molecule has 6 nitrogen and oxygen atoms in total. The average Bonchev–Trinajstić information content (AvgIpc) is 2.94. The van der Waals surface area contributed by atoms with E-state index in [1.54, 1.807) is 25.5 Å². The van der Waals surface area contributed by atoms with Gasteiger partial charge in [0.25, 0.3) is 0 Å². The first-order valence-electron chi connectivity index (χ1n) is 6.76. The Labute approximate surface area is 147 Å². The Bertz CT molecular complexity index is 634. The molecule has 0 saturated heterocycles. The predicted molar refractivity (Wildman–Crippen MR) is 99.9 cm³/mol.